The Morgan fingerprint density at radius 1 is 1.00 bits per heavy atom. The number of thiazole rings is 1. The molecular formula is C26H22FN5O3S2. The van der Waals surface area contributed by atoms with Gasteiger partial charge in [-0.1, -0.05) is 35.6 Å². The van der Waals surface area contributed by atoms with E-state index in [1.807, 2.05) is 6.07 Å². The van der Waals surface area contributed by atoms with Gasteiger partial charge in [0.25, 0.3) is 15.9 Å². The highest BCUT2D eigenvalue weighted by molar-refractivity contribution is 7.92. The van der Waals surface area contributed by atoms with Crippen LogP contribution >= 0.6 is 11.3 Å². The molecule has 0 radical (unpaired) electrons. The van der Waals surface area contributed by atoms with E-state index in [-0.39, 0.29) is 28.4 Å². The van der Waals surface area contributed by atoms with Crippen LogP contribution < -0.4 is 9.21 Å². The Morgan fingerprint density at radius 3 is 2.43 bits per heavy atom. The molecule has 2 heterocycles. The van der Waals surface area contributed by atoms with Crippen molar-refractivity contribution in [2.24, 2.45) is 0 Å². The number of amides is 1. The van der Waals surface area contributed by atoms with Gasteiger partial charge in [-0.2, -0.15) is 5.10 Å². The molecule has 0 aliphatic rings. The van der Waals surface area contributed by atoms with Crippen molar-refractivity contribution < 1.29 is 17.6 Å². The molecule has 0 fully saturated rings. The van der Waals surface area contributed by atoms with Crippen LogP contribution in [0.25, 0.3) is 10.2 Å². The van der Waals surface area contributed by atoms with Crippen LogP contribution in [0.15, 0.2) is 96.2 Å². The Kier molecular flexibility index (Phi) is 6.72. The molecule has 0 saturated heterocycles. The molecule has 2 aromatic heterocycles. The molecule has 8 nitrogen and oxygen atoms in total. The average molecular weight is 536 g/mol. The van der Waals surface area contributed by atoms with Gasteiger partial charge in [-0.15, -0.1) is 0 Å². The number of sulfonamides is 1. The Hall–Kier alpha value is -4.09. The minimum Gasteiger partial charge on any atom is -0.282 e. The maximum absolute atomic E-state index is 14.3. The molecule has 0 aliphatic heterocycles. The molecule has 3 aromatic carbocycles. The maximum Gasteiger partial charge on any atom is 0.264 e. The summed E-state index contributed by atoms with van der Waals surface area (Å²) >= 11 is 1.21. The molecule has 0 N–H and O–H groups in total. The smallest absolute Gasteiger partial charge is 0.264 e. The highest BCUT2D eigenvalue weighted by atomic mass is 32.2. The van der Waals surface area contributed by atoms with Gasteiger partial charge in [0.05, 0.1) is 21.8 Å². The highest BCUT2D eigenvalue weighted by Crippen LogP contribution is 2.31. The Morgan fingerprint density at radius 2 is 1.76 bits per heavy atom. The van der Waals surface area contributed by atoms with E-state index in [1.54, 1.807) is 59.5 Å². The van der Waals surface area contributed by atoms with Crippen LogP contribution in [0.2, 0.25) is 0 Å². The van der Waals surface area contributed by atoms with Gasteiger partial charge in [-0.3, -0.25) is 18.7 Å². The van der Waals surface area contributed by atoms with Crippen molar-refractivity contribution >= 4 is 48.3 Å². The van der Waals surface area contributed by atoms with Crippen molar-refractivity contribution in [2.45, 2.75) is 11.4 Å². The molecule has 0 saturated carbocycles. The van der Waals surface area contributed by atoms with Crippen LogP contribution in [0.3, 0.4) is 0 Å². The van der Waals surface area contributed by atoms with Crippen LogP contribution in [-0.4, -0.2) is 42.7 Å². The van der Waals surface area contributed by atoms with Gasteiger partial charge in [0.1, 0.15) is 11.3 Å². The maximum atomic E-state index is 14.3. The van der Waals surface area contributed by atoms with Gasteiger partial charge in [-0.25, -0.2) is 17.8 Å². The Bertz CT molecular complexity index is 1640. The van der Waals surface area contributed by atoms with E-state index in [0.717, 1.165) is 0 Å². The molecule has 0 unspecified atom stereocenters. The third-order valence-corrected chi connectivity index (χ3v) is 8.67. The fraction of sp³-hybridized carbons (Fsp3) is 0.115. The number of carbonyl (C=O) groups is 1. The molecule has 1 amide bonds. The molecule has 37 heavy (non-hydrogen) atoms. The molecule has 5 rings (SSSR count). The van der Waals surface area contributed by atoms with Gasteiger partial charge in [0.2, 0.25) is 0 Å². The lowest BCUT2D eigenvalue weighted by Gasteiger charge is -2.21. The van der Waals surface area contributed by atoms with Crippen molar-refractivity contribution in [3.63, 3.8) is 0 Å². The van der Waals surface area contributed by atoms with Crippen molar-refractivity contribution in [3.05, 3.63) is 103 Å². The second kappa shape index (κ2) is 10.1. The minimum atomic E-state index is -3.82. The third-order valence-electron chi connectivity index (χ3n) is 5.83. The summed E-state index contributed by atoms with van der Waals surface area (Å²) in [7, 11) is -2.34. The molecule has 5 aromatic rings. The summed E-state index contributed by atoms with van der Waals surface area (Å²) in [5.74, 6) is -0.844. The van der Waals surface area contributed by atoms with Crippen LogP contribution in [0.1, 0.15) is 10.4 Å². The first-order valence-corrected chi connectivity index (χ1v) is 13.6. The van der Waals surface area contributed by atoms with E-state index in [1.165, 1.54) is 57.9 Å². The number of hydrogen-bond acceptors (Lipinski definition) is 6. The van der Waals surface area contributed by atoms with Crippen molar-refractivity contribution in [2.75, 3.05) is 22.8 Å². The van der Waals surface area contributed by atoms with Gasteiger partial charge >= 0.3 is 0 Å². The Labute approximate surface area is 217 Å². The number of anilines is 2. The first-order valence-electron chi connectivity index (χ1n) is 11.3. The number of nitrogens with zero attached hydrogens (tertiary/aromatic N) is 5. The highest BCUT2D eigenvalue weighted by Gasteiger charge is 2.25. The quantitative estimate of drug-likeness (QED) is 0.285. The lowest BCUT2D eigenvalue weighted by Crippen LogP contribution is -2.34. The number of para-hydroxylation sites is 2. The van der Waals surface area contributed by atoms with E-state index in [9.17, 15) is 17.6 Å². The predicted octanol–water partition coefficient (Wildman–Crippen LogP) is 4.80. The summed E-state index contributed by atoms with van der Waals surface area (Å²) < 4.78 is 44.0. The molecule has 0 spiro atoms. The third kappa shape index (κ3) is 4.95. The van der Waals surface area contributed by atoms with Gasteiger partial charge < -0.3 is 0 Å². The van der Waals surface area contributed by atoms with Gasteiger partial charge in [0.15, 0.2) is 5.13 Å². The van der Waals surface area contributed by atoms with E-state index >= 15 is 0 Å². The van der Waals surface area contributed by atoms with E-state index in [2.05, 4.69) is 10.1 Å². The molecule has 0 bridgehead atoms. The number of halogens is 1. The number of carbonyl (C=O) groups excluding carboxylic acids is 1. The summed E-state index contributed by atoms with van der Waals surface area (Å²) in [4.78, 5) is 19.5. The molecule has 11 heteroatoms. The van der Waals surface area contributed by atoms with Crippen LogP contribution in [0.5, 0.6) is 0 Å². The second-order valence-corrected chi connectivity index (χ2v) is 11.1. The molecule has 0 aliphatic carbocycles. The fourth-order valence-corrected chi connectivity index (χ4v) is 6.00. The van der Waals surface area contributed by atoms with Gasteiger partial charge in [-0.05, 0) is 54.6 Å². The lowest BCUT2D eigenvalue weighted by atomic mass is 10.2. The number of fused-ring (bicyclic) bond motifs is 1. The zero-order chi connectivity index (χ0) is 26.0. The van der Waals surface area contributed by atoms with Crippen LogP contribution in [0.4, 0.5) is 15.2 Å². The van der Waals surface area contributed by atoms with E-state index < -0.39 is 15.8 Å². The Balaban J connectivity index is 1.44. The summed E-state index contributed by atoms with van der Waals surface area (Å²) in [6, 6.07) is 21.0. The van der Waals surface area contributed by atoms with Crippen molar-refractivity contribution in [3.8, 4) is 0 Å². The van der Waals surface area contributed by atoms with Crippen LogP contribution in [0, 0.1) is 5.82 Å². The monoisotopic (exact) mass is 535 g/mol. The first kappa shape index (κ1) is 24.6. The second-order valence-electron chi connectivity index (χ2n) is 8.14. The molecule has 0 atom stereocenters. The molecular weight excluding hydrogens is 513 g/mol. The lowest BCUT2D eigenvalue weighted by molar-refractivity contribution is 0.0985. The van der Waals surface area contributed by atoms with Crippen molar-refractivity contribution in [1.82, 2.24) is 14.8 Å². The number of aromatic nitrogens is 3. The number of benzene rings is 3. The normalized spacial score (nSPS) is 11.5. The zero-order valence-electron chi connectivity index (χ0n) is 19.7. The zero-order valence-corrected chi connectivity index (χ0v) is 21.4. The largest absolute Gasteiger partial charge is 0.282 e. The summed E-state index contributed by atoms with van der Waals surface area (Å²) in [5.41, 5.74) is 1.00. The minimum absolute atomic E-state index is 0.0561. The predicted molar refractivity (Wildman–Crippen MR) is 142 cm³/mol. The number of hydrogen-bond donors (Lipinski definition) is 0. The van der Waals surface area contributed by atoms with Gasteiger partial charge in [0, 0.05) is 31.5 Å². The summed E-state index contributed by atoms with van der Waals surface area (Å²) in [5, 5.41) is 4.53. The SMILES string of the molecule is CN(c1ccccc1)S(=O)(=O)c1ccc(C(=O)N(CCn2cccn2)c2nc3c(F)cccc3s2)cc1. The van der Waals surface area contributed by atoms with Crippen molar-refractivity contribution in [1.29, 1.82) is 0 Å². The van der Waals surface area contributed by atoms with Crippen LogP contribution in [-0.2, 0) is 16.6 Å². The number of rotatable bonds is 8. The first-order chi connectivity index (χ1) is 17.8. The van der Waals surface area contributed by atoms with E-state index in [4.69, 9.17) is 0 Å². The van der Waals surface area contributed by atoms with E-state index in [0.29, 0.717) is 22.1 Å². The topological polar surface area (TPSA) is 88.4 Å². The summed E-state index contributed by atoms with van der Waals surface area (Å²) in [6.07, 6.45) is 3.43. The fourth-order valence-electron chi connectivity index (χ4n) is 3.80. The standard InChI is InChI=1S/C26H22FN5O3S2/c1-30(20-7-3-2-4-8-20)37(34,35)21-13-11-19(12-14-21)25(33)32(18-17-31-16-6-15-28-31)26-29-24-22(27)9-5-10-23(24)36-26/h2-16H,17-18H2,1H3. The average Bonchev–Trinajstić information content (AvgIpc) is 3.60. The molecule has 188 valence electrons. The summed E-state index contributed by atoms with van der Waals surface area (Å²) in [6.45, 7) is 0.629.